The Bertz CT molecular complexity index is 1570. The molecule has 0 spiro atoms. The Hall–Kier alpha value is -4.60. The number of anilines is 3. The van der Waals surface area contributed by atoms with Crippen molar-refractivity contribution in [1.82, 2.24) is 10.2 Å². The van der Waals surface area contributed by atoms with Crippen LogP contribution in [0.15, 0.2) is 89.5 Å². The zero-order valence-corrected chi connectivity index (χ0v) is 25.1. The number of benzene rings is 3. The number of piperazine rings is 1. The van der Waals surface area contributed by atoms with Crippen molar-refractivity contribution in [3.8, 4) is 0 Å². The van der Waals surface area contributed by atoms with E-state index >= 15 is 0 Å². The van der Waals surface area contributed by atoms with Gasteiger partial charge in [0.1, 0.15) is 0 Å². The van der Waals surface area contributed by atoms with Crippen molar-refractivity contribution < 1.29 is 18.7 Å². The quantitative estimate of drug-likeness (QED) is 0.285. The predicted octanol–water partition coefficient (Wildman–Crippen LogP) is 4.93. The Morgan fingerprint density at radius 1 is 0.750 bits per heavy atom. The molecule has 0 unspecified atom stereocenters. The first kappa shape index (κ1) is 29.5. The van der Waals surface area contributed by atoms with Crippen LogP contribution in [-0.4, -0.2) is 69.2 Å². The predicted molar refractivity (Wildman–Crippen MR) is 172 cm³/mol. The Balaban J connectivity index is 1.15. The third-order valence-corrected chi connectivity index (χ3v) is 8.28. The van der Waals surface area contributed by atoms with Crippen molar-refractivity contribution in [2.45, 2.75) is 20.0 Å². The van der Waals surface area contributed by atoms with E-state index in [-0.39, 0.29) is 17.6 Å². The highest BCUT2D eigenvalue weighted by Gasteiger charge is 2.23. The molecule has 0 atom stereocenters. The minimum atomic E-state index is -0.357. The molecule has 228 valence electrons. The van der Waals surface area contributed by atoms with Crippen LogP contribution in [0.5, 0.6) is 0 Å². The van der Waals surface area contributed by atoms with Crippen molar-refractivity contribution in [3.63, 3.8) is 0 Å². The summed E-state index contributed by atoms with van der Waals surface area (Å²) < 4.78 is 10.8. The second-order valence-corrected chi connectivity index (χ2v) is 11.3. The first-order chi connectivity index (χ1) is 21.5. The van der Waals surface area contributed by atoms with E-state index in [0.717, 1.165) is 70.3 Å². The average Bonchev–Trinajstić information content (AvgIpc) is 3.60. The third kappa shape index (κ3) is 7.12. The lowest BCUT2D eigenvalue weighted by molar-refractivity contribution is 0.0342. The van der Waals surface area contributed by atoms with Gasteiger partial charge in [0.05, 0.1) is 30.9 Å². The molecule has 2 amide bonds. The van der Waals surface area contributed by atoms with Gasteiger partial charge in [-0.3, -0.25) is 14.5 Å². The number of para-hydroxylation sites is 1. The van der Waals surface area contributed by atoms with Crippen LogP contribution in [0.1, 0.15) is 37.6 Å². The number of hydrogen-bond acceptors (Lipinski definition) is 7. The zero-order valence-electron chi connectivity index (χ0n) is 25.1. The number of rotatable bonds is 9. The summed E-state index contributed by atoms with van der Waals surface area (Å²) in [7, 11) is 0. The van der Waals surface area contributed by atoms with Gasteiger partial charge < -0.3 is 29.6 Å². The lowest BCUT2D eigenvalue weighted by Gasteiger charge is -2.38. The van der Waals surface area contributed by atoms with Gasteiger partial charge in [-0.15, -0.1) is 0 Å². The summed E-state index contributed by atoms with van der Waals surface area (Å²) in [6.07, 6.45) is 1.47. The minimum Gasteiger partial charge on any atom is -0.459 e. The maximum Gasteiger partial charge on any atom is 0.291 e. The number of nitrogens with one attached hydrogen (secondary N) is 2. The Labute approximate surface area is 258 Å². The summed E-state index contributed by atoms with van der Waals surface area (Å²) in [5.74, 6) is -0.343. The maximum absolute atomic E-state index is 13.3. The van der Waals surface area contributed by atoms with E-state index in [0.29, 0.717) is 17.8 Å². The number of nitrogens with zero attached hydrogens (tertiary/aromatic N) is 3. The van der Waals surface area contributed by atoms with Gasteiger partial charge in [0, 0.05) is 63.6 Å². The molecule has 2 aliphatic heterocycles. The summed E-state index contributed by atoms with van der Waals surface area (Å²) in [5, 5.41) is 6.05. The SMILES string of the molecule is Cc1ccccc1N1CCN(c2ccc(C(=O)NCc3cccc(CN4CCOCC4)c3)cc2NC(=O)c2ccco2)CC1. The first-order valence-electron chi connectivity index (χ1n) is 15.2. The number of morpholine rings is 1. The van der Waals surface area contributed by atoms with Gasteiger partial charge in [-0.25, -0.2) is 0 Å². The molecule has 9 heteroatoms. The van der Waals surface area contributed by atoms with Crippen molar-refractivity contribution in [2.75, 3.05) is 67.6 Å². The minimum absolute atomic E-state index is 0.201. The van der Waals surface area contributed by atoms with Crippen molar-refractivity contribution in [2.24, 2.45) is 0 Å². The van der Waals surface area contributed by atoms with Crippen LogP contribution in [0, 0.1) is 6.92 Å². The molecule has 0 bridgehead atoms. The lowest BCUT2D eigenvalue weighted by atomic mass is 10.1. The van der Waals surface area contributed by atoms with E-state index in [2.05, 4.69) is 68.7 Å². The normalized spacial score (nSPS) is 15.7. The molecular weight excluding hydrogens is 554 g/mol. The first-order valence-corrected chi connectivity index (χ1v) is 15.2. The van der Waals surface area contributed by atoms with Crippen LogP contribution in [0.25, 0.3) is 0 Å². The molecule has 2 aliphatic rings. The van der Waals surface area contributed by atoms with Crippen LogP contribution in [0.3, 0.4) is 0 Å². The molecule has 0 saturated carbocycles. The highest BCUT2D eigenvalue weighted by Crippen LogP contribution is 2.30. The number of furan rings is 1. The van der Waals surface area contributed by atoms with Gasteiger partial charge >= 0.3 is 0 Å². The van der Waals surface area contributed by atoms with Crippen LogP contribution in [-0.2, 0) is 17.8 Å². The Kier molecular flexibility index (Phi) is 9.24. The number of aryl methyl sites for hydroxylation is 1. The molecule has 3 aromatic carbocycles. The third-order valence-electron chi connectivity index (χ3n) is 8.28. The standard InChI is InChI=1S/C35H39N5O4/c1-26-6-2-3-9-31(26)39-13-15-40(16-14-39)32-12-11-29(23-30(32)37-35(42)33-10-5-19-44-33)34(41)36-24-27-7-4-8-28(22-27)25-38-17-20-43-21-18-38/h2-12,19,22-23H,13-18,20-21,24-25H2,1H3,(H,36,41)(H,37,42). The molecule has 2 saturated heterocycles. The summed E-state index contributed by atoms with van der Waals surface area (Å²) in [6, 6.07) is 25.6. The van der Waals surface area contributed by atoms with Crippen LogP contribution >= 0.6 is 0 Å². The van der Waals surface area contributed by atoms with Gasteiger partial charge in [-0.2, -0.15) is 0 Å². The molecular formula is C35H39N5O4. The van der Waals surface area contributed by atoms with E-state index in [1.165, 1.54) is 23.1 Å². The number of amides is 2. The van der Waals surface area contributed by atoms with Crippen LogP contribution < -0.4 is 20.4 Å². The van der Waals surface area contributed by atoms with E-state index in [9.17, 15) is 9.59 Å². The summed E-state index contributed by atoms with van der Waals surface area (Å²) >= 11 is 0. The Morgan fingerprint density at radius 3 is 2.25 bits per heavy atom. The van der Waals surface area contributed by atoms with E-state index in [1.54, 1.807) is 18.2 Å². The highest BCUT2D eigenvalue weighted by atomic mass is 16.5. The molecule has 6 rings (SSSR count). The van der Waals surface area contributed by atoms with Gasteiger partial charge in [0.25, 0.3) is 11.8 Å². The van der Waals surface area contributed by atoms with E-state index < -0.39 is 0 Å². The summed E-state index contributed by atoms with van der Waals surface area (Å²) in [5.41, 5.74) is 6.69. The van der Waals surface area contributed by atoms with Gasteiger partial charge in [-0.1, -0.05) is 42.5 Å². The smallest absolute Gasteiger partial charge is 0.291 e. The molecule has 2 N–H and O–H groups in total. The molecule has 2 fully saturated rings. The average molecular weight is 594 g/mol. The van der Waals surface area contributed by atoms with Gasteiger partial charge in [0.2, 0.25) is 0 Å². The summed E-state index contributed by atoms with van der Waals surface area (Å²) in [4.78, 5) is 33.4. The lowest BCUT2D eigenvalue weighted by Crippen LogP contribution is -2.47. The molecule has 3 heterocycles. The molecule has 1 aromatic heterocycles. The molecule has 4 aromatic rings. The second kappa shape index (κ2) is 13.8. The monoisotopic (exact) mass is 593 g/mol. The highest BCUT2D eigenvalue weighted by molar-refractivity contribution is 6.05. The zero-order chi connectivity index (χ0) is 30.3. The topological polar surface area (TPSA) is 90.3 Å². The molecule has 9 nitrogen and oxygen atoms in total. The molecule has 0 radical (unpaired) electrons. The maximum atomic E-state index is 13.3. The van der Waals surface area contributed by atoms with Crippen LogP contribution in [0.4, 0.5) is 17.1 Å². The van der Waals surface area contributed by atoms with E-state index in [1.807, 2.05) is 24.3 Å². The number of carbonyl (C=O) groups excluding carboxylic acids is 2. The number of ether oxygens (including phenoxy) is 1. The van der Waals surface area contributed by atoms with Crippen LogP contribution in [0.2, 0.25) is 0 Å². The number of hydrogen-bond donors (Lipinski definition) is 2. The fraction of sp³-hybridized carbons (Fsp3) is 0.314. The number of carbonyl (C=O) groups is 2. The molecule has 0 aliphatic carbocycles. The van der Waals surface area contributed by atoms with Gasteiger partial charge in [-0.05, 0) is 60.0 Å². The van der Waals surface area contributed by atoms with Gasteiger partial charge in [0.15, 0.2) is 5.76 Å². The van der Waals surface area contributed by atoms with Crippen molar-refractivity contribution in [1.29, 1.82) is 0 Å². The summed E-state index contributed by atoms with van der Waals surface area (Å²) in [6.45, 7) is 10.1. The second-order valence-electron chi connectivity index (χ2n) is 11.3. The Morgan fingerprint density at radius 2 is 1.50 bits per heavy atom. The largest absolute Gasteiger partial charge is 0.459 e. The van der Waals surface area contributed by atoms with Crippen molar-refractivity contribution in [3.05, 3.63) is 113 Å². The fourth-order valence-electron chi connectivity index (χ4n) is 5.89. The fourth-order valence-corrected chi connectivity index (χ4v) is 5.89. The van der Waals surface area contributed by atoms with E-state index in [4.69, 9.17) is 9.15 Å². The van der Waals surface area contributed by atoms with Crippen molar-refractivity contribution >= 4 is 28.9 Å². The molecule has 44 heavy (non-hydrogen) atoms.